The molecular weight excluding hydrogens is 432 g/mol. The van der Waals surface area contributed by atoms with Crippen LogP contribution in [0.1, 0.15) is 12.5 Å². The Balaban J connectivity index is 2.08. The molecule has 0 bridgehead atoms. The minimum absolute atomic E-state index is 0.0172. The molecule has 3 aromatic rings. The molecule has 3 rings (SSSR count). The van der Waals surface area contributed by atoms with Crippen LogP contribution in [0.15, 0.2) is 51.1 Å². The molecule has 31 heavy (non-hydrogen) atoms. The van der Waals surface area contributed by atoms with Crippen molar-refractivity contribution in [3.05, 3.63) is 77.9 Å². The zero-order valence-electron chi connectivity index (χ0n) is 16.0. The van der Waals surface area contributed by atoms with Gasteiger partial charge in [0.1, 0.15) is 0 Å². The minimum atomic E-state index is -0.814. The molecule has 160 valence electrons. The molecule has 0 saturated carbocycles. The third kappa shape index (κ3) is 4.78. The first-order chi connectivity index (χ1) is 14.8. The topological polar surface area (TPSA) is 146 Å². The van der Waals surface area contributed by atoms with Crippen molar-refractivity contribution in [2.45, 2.75) is 6.92 Å². The molecule has 0 spiro atoms. The van der Waals surface area contributed by atoms with Gasteiger partial charge in [-0.05, 0) is 25.1 Å². The Morgan fingerprint density at radius 3 is 2.77 bits per heavy atom. The summed E-state index contributed by atoms with van der Waals surface area (Å²) in [6.07, 6.45) is 1.00. The summed E-state index contributed by atoms with van der Waals surface area (Å²) in [4.78, 5) is 49.6. The third-order valence-electron chi connectivity index (χ3n) is 4.00. The summed E-state index contributed by atoms with van der Waals surface area (Å²) in [5.41, 5.74) is -1.73. The van der Waals surface area contributed by atoms with Crippen LogP contribution in [0.5, 0.6) is 5.75 Å². The average Bonchev–Trinajstić information content (AvgIpc) is 2.72. The highest BCUT2D eigenvalue weighted by atomic mass is 35.5. The number of halogens is 1. The van der Waals surface area contributed by atoms with E-state index in [1.807, 2.05) is 0 Å². The summed E-state index contributed by atoms with van der Waals surface area (Å²) in [7, 11) is 0. The second-order valence-corrected chi connectivity index (χ2v) is 6.47. The summed E-state index contributed by atoms with van der Waals surface area (Å²) in [5.74, 6) is -1.06. The summed E-state index contributed by atoms with van der Waals surface area (Å²) in [6, 6.07) is 8.67. The zero-order chi connectivity index (χ0) is 22.5. The van der Waals surface area contributed by atoms with E-state index in [1.54, 1.807) is 25.1 Å². The lowest BCUT2D eigenvalue weighted by Gasteiger charge is -2.10. The van der Waals surface area contributed by atoms with Gasteiger partial charge in [0.15, 0.2) is 6.61 Å². The number of hydrogen-bond donors (Lipinski definition) is 1. The van der Waals surface area contributed by atoms with Crippen LogP contribution in [0.4, 0.5) is 5.69 Å². The highest BCUT2D eigenvalue weighted by molar-refractivity contribution is 6.31. The van der Waals surface area contributed by atoms with Crippen molar-refractivity contribution in [1.29, 1.82) is 0 Å². The van der Waals surface area contributed by atoms with Crippen LogP contribution in [0.25, 0.3) is 10.9 Å². The first-order valence-electron chi connectivity index (χ1n) is 8.86. The second-order valence-electron chi connectivity index (χ2n) is 6.03. The number of nitrogens with one attached hydrogen (secondary N) is 1. The predicted molar refractivity (Wildman–Crippen MR) is 112 cm³/mol. The summed E-state index contributed by atoms with van der Waals surface area (Å²) < 4.78 is 10.6. The van der Waals surface area contributed by atoms with Crippen molar-refractivity contribution in [3.63, 3.8) is 0 Å². The molecule has 0 fully saturated rings. The first-order valence-corrected chi connectivity index (χ1v) is 9.24. The molecule has 11 nitrogen and oxygen atoms in total. The van der Waals surface area contributed by atoms with E-state index < -0.39 is 34.4 Å². The molecule has 0 aliphatic carbocycles. The number of nitro groups is 1. The number of fused-ring (bicyclic) bond motifs is 1. The molecule has 0 aliphatic rings. The lowest BCUT2D eigenvalue weighted by Crippen LogP contribution is -2.32. The van der Waals surface area contributed by atoms with Crippen molar-refractivity contribution in [2.75, 3.05) is 13.2 Å². The molecule has 1 aromatic heterocycles. The Bertz CT molecular complexity index is 1310. The quantitative estimate of drug-likeness (QED) is 0.253. The Morgan fingerprint density at radius 2 is 2.06 bits per heavy atom. The summed E-state index contributed by atoms with van der Waals surface area (Å²) in [6.45, 7) is 1.10. The maximum Gasteiger partial charge on any atom is 0.349 e. The number of H-pyrrole nitrogens is 1. The molecule has 0 radical (unpaired) electrons. The number of hydrogen-bond acceptors (Lipinski definition) is 8. The van der Waals surface area contributed by atoms with E-state index in [4.69, 9.17) is 21.1 Å². The zero-order valence-corrected chi connectivity index (χ0v) is 16.8. The summed E-state index contributed by atoms with van der Waals surface area (Å²) in [5, 5.41) is 15.5. The number of carbonyl (C=O) groups excluding carboxylic acids is 1. The standard InChI is InChI=1S/C19H15ClN4O7/c1-2-30-16(25)10-31-17-11(7-12(20)8-15(17)24(28)29)9-21-23-18(26)13-5-3-4-6-14(13)22-19(23)27/h3-9H,2,10H2,1H3,(H,22,27). The van der Waals surface area contributed by atoms with Gasteiger partial charge in [0.2, 0.25) is 5.75 Å². The maximum atomic E-state index is 12.6. The average molecular weight is 447 g/mol. The number of rotatable bonds is 7. The first kappa shape index (κ1) is 21.7. The molecular formula is C19H15ClN4O7. The normalized spacial score (nSPS) is 11.0. The van der Waals surface area contributed by atoms with Gasteiger partial charge >= 0.3 is 17.3 Å². The Morgan fingerprint density at radius 1 is 1.32 bits per heavy atom. The number of benzene rings is 2. The van der Waals surface area contributed by atoms with Gasteiger partial charge in [-0.2, -0.15) is 5.10 Å². The number of carbonyl (C=O) groups is 1. The van der Waals surface area contributed by atoms with Gasteiger partial charge in [0.05, 0.1) is 28.6 Å². The van der Waals surface area contributed by atoms with Crippen LogP contribution in [0.3, 0.4) is 0 Å². The van der Waals surface area contributed by atoms with E-state index in [-0.39, 0.29) is 28.3 Å². The van der Waals surface area contributed by atoms with E-state index in [2.05, 4.69) is 10.1 Å². The van der Waals surface area contributed by atoms with Gasteiger partial charge in [0, 0.05) is 16.7 Å². The number of esters is 1. The molecule has 0 atom stereocenters. The number of aromatic amines is 1. The highest BCUT2D eigenvalue weighted by Gasteiger charge is 2.22. The molecule has 0 saturated heterocycles. The second kappa shape index (κ2) is 9.22. The Labute approximate surface area is 178 Å². The van der Waals surface area contributed by atoms with Crippen LogP contribution in [-0.4, -0.2) is 40.0 Å². The van der Waals surface area contributed by atoms with Gasteiger partial charge in [-0.3, -0.25) is 14.9 Å². The van der Waals surface area contributed by atoms with Crippen LogP contribution in [0.2, 0.25) is 5.02 Å². The fraction of sp³-hybridized carbons (Fsp3) is 0.158. The van der Waals surface area contributed by atoms with Crippen molar-refractivity contribution in [2.24, 2.45) is 5.10 Å². The molecule has 2 aromatic carbocycles. The van der Waals surface area contributed by atoms with Crippen molar-refractivity contribution in [1.82, 2.24) is 9.66 Å². The van der Waals surface area contributed by atoms with Crippen molar-refractivity contribution >= 4 is 40.4 Å². The molecule has 0 aliphatic heterocycles. The number of para-hydroxylation sites is 1. The molecule has 0 unspecified atom stereocenters. The van der Waals surface area contributed by atoms with E-state index in [9.17, 15) is 24.5 Å². The lowest BCUT2D eigenvalue weighted by molar-refractivity contribution is -0.385. The van der Waals surface area contributed by atoms with Gasteiger partial charge in [-0.15, -0.1) is 4.68 Å². The molecule has 1 N–H and O–H groups in total. The van der Waals surface area contributed by atoms with Crippen LogP contribution in [0, 0.1) is 10.1 Å². The van der Waals surface area contributed by atoms with E-state index in [0.717, 1.165) is 12.3 Å². The highest BCUT2D eigenvalue weighted by Crippen LogP contribution is 2.33. The fourth-order valence-corrected chi connectivity index (χ4v) is 2.92. The molecule has 0 amide bonds. The number of nitro benzene ring substituents is 1. The number of nitrogens with zero attached hydrogens (tertiary/aromatic N) is 3. The SMILES string of the molecule is CCOC(=O)COc1c(C=Nn2c(=O)[nH]c3ccccc3c2=O)cc(Cl)cc1[N+](=O)[O-]. The lowest BCUT2D eigenvalue weighted by atomic mass is 10.2. The molecule has 12 heteroatoms. The smallest absolute Gasteiger partial charge is 0.349 e. The maximum absolute atomic E-state index is 12.6. The molecule has 1 heterocycles. The van der Waals surface area contributed by atoms with Crippen molar-refractivity contribution < 1.29 is 19.2 Å². The van der Waals surface area contributed by atoms with E-state index in [0.29, 0.717) is 10.2 Å². The monoisotopic (exact) mass is 446 g/mol. The number of ether oxygens (including phenoxy) is 2. The predicted octanol–water partition coefficient (Wildman–Crippen LogP) is 2.08. The minimum Gasteiger partial charge on any atom is -0.474 e. The largest absolute Gasteiger partial charge is 0.474 e. The van der Waals surface area contributed by atoms with Crippen molar-refractivity contribution in [3.8, 4) is 5.75 Å². The summed E-state index contributed by atoms with van der Waals surface area (Å²) >= 11 is 5.95. The number of aromatic nitrogens is 2. The van der Waals surface area contributed by atoms with Crippen LogP contribution < -0.4 is 16.0 Å². The van der Waals surface area contributed by atoms with Gasteiger partial charge < -0.3 is 14.5 Å². The van der Waals surface area contributed by atoms with Gasteiger partial charge in [0.25, 0.3) is 5.56 Å². The van der Waals surface area contributed by atoms with E-state index >= 15 is 0 Å². The van der Waals surface area contributed by atoms with E-state index in [1.165, 1.54) is 12.1 Å². The van der Waals surface area contributed by atoms with Gasteiger partial charge in [-0.1, -0.05) is 23.7 Å². The van der Waals surface area contributed by atoms with Crippen LogP contribution >= 0.6 is 11.6 Å². The van der Waals surface area contributed by atoms with Gasteiger partial charge in [-0.25, -0.2) is 9.59 Å². The van der Waals surface area contributed by atoms with Crippen LogP contribution in [-0.2, 0) is 9.53 Å². The Hall–Kier alpha value is -3.99. The Kier molecular flexibility index (Phi) is 6.46. The fourth-order valence-electron chi connectivity index (χ4n) is 2.70. The third-order valence-corrected chi connectivity index (χ3v) is 4.21.